The lowest BCUT2D eigenvalue weighted by Gasteiger charge is -2.06. The third kappa shape index (κ3) is 4.79. The minimum atomic E-state index is -0.173. The van der Waals surface area contributed by atoms with Crippen molar-refractivity contribution in [1.82, 2.24) is 9.99 Å². The largest absolute Gasteiger partial charge is 0.497 e. The molecule has 3 aromatic rings. The van der Waals surface area contributed by atoms with Gasteiger partial charge in [-0.3, -0.25) is 4.79 Å². The van der Waals surface area contributed by atoms with E-state index in [0.29, 0.717) is 0 Å². The Balaban J connectivity index is 1.60. The molecule has 0 spiro atoms. The van der Waals surface area contributed by atoms with Gasteiger partial charge in [-0.1, -0.05) is 12.1 Å². The molecule has 0 aliphatic carbocycles. The fourth-order valence-corrected chi connectivity index (χ4v) is 2.84. The lowest BCUT2D eigenvalue weighted by molar-refractivity contribution is -0.120. The van der Waals surface area contributed by atoms with Crippen LogP contribution in [0, 0.1) is 6.92 Å². The molecule has 0 unspecified atom stereocenters. The number of aryl methyl sites for hydroxylation is 1. The number of benzene rings is 2. The van der Waals surface area contributed by atoms with Gasteiger partial charge in [0.1, 0.15) is 11.5 Å². The van der Waals surface area contributed by atoms with E-state index in [1.54, 1.807) is 20.4 Å². The second-order valence-electron chi connectivity index (χ2n) is 6.30. The number of nitrogens with zero attached hydrogens (tertiary/aromatic N) is 2. The fraction of sp³-hybridized carbons (Fsp3) is 0.182. The molecule has 0 bridgehead atoms. The van der Waals surface area contributed by atoms with Gasteiger partial charge in [-0.05, 0) is 55.0 Å². The number of carbonyl (C=O) groups excluding carboxylic acids is 1. The van der Waals surface area contributed by atoms with Crippen molar-refractivity contribution in [3.8, 4) is 17.2 Å². The summed E-state index contributed by atoms with van der Waals surface area (Å²) in [6.45, 7) is 2.02. The second kappa shape index (κ2) is 8.90. The Morgan fingerprint density at radius 3 is 2.25 bits per heavy atom. The number of amides is 1. The number of hydrogen-bond acceptors (Lipinski definition) is 4. The monoisotopic (exact) mass is 377 g/mol. The number of nitrogens with one attached hydrogen (secondary N) is 1. The van der Waals surface area contributed by atoms with Crippen LogP contribution in [-0.4, -0.2) is 30.9 Å². The van der Waals surface area contributed by atoms with E-state index in [4.69, 9.17) is 9.47 Å². The fourth-order valence-electron chi connectivity index (χ4n) is 2.84. The van der Waals surface area contributed by atoms with E-state index in [2.05, 4.69) is 15.1 Å². The van der Waals surface area contributed by atoms with Gasteiger partial charge in [0, 0.05) is 23.1 Å². The predicted molar refractivity (Wildman–Crippen MR) is 109 cm³/mol. The van der Waals surface area contributed by atoms with E-state index in [0.717, 1.165) is 34.0 Å². The van der Waals surface area contributed by atoms with Gasteiger partial charge in [0.15, 0.2) is 0 Å². The standard InChI is InChI=1S/C22H23N3O3/c1-16-12-18(15-25(16)19-6-10-21(28-3)11-7-19)14-23-24-22(26)13-17-4-8-20(27-2)9-5-17/h4-12,14-15H,13H2,1-3H3,(H,24,26)/b23-14+. The van der Waals surface area contributed by atoms with Crippen molar-refractivity contribution in [2.24, 2.45) is 5.10 Å². The summed E-state index contributed by atoms with van der Waals surface area (Å²) in [5.74, 6) is 1.40. The quantitative estimate of drug-likeness (QED) is 0.506. The van der Waals surface area contributed by atoms with E-state index in [1.165, 1.54) is 0 Å². The molecule has 1 amide bonds. The molecule has 1 N–H and O–H groups in total. The second-order valence-corrected chi connectivity index (χ2v) is 6.30. The molecule has 144 valence electrons. The van der Waals surface area contributed by atoms with Gasteiger partial charge in [-0.25, -0.2) is 5.43 Å². The number of hydrazone groups is 1. The maximum atomic E-state index is 12.0. The van der Waals surface area contributed by atoms with Crippen molar-refractivity contribution in [2.75, 3.05) is 14.2 Å². The van der Waals surface area contributed by atoms with Crippen molar-refractivity contribution >= 4 is 12.1 Å². The van der Waals surface area contributed by atoms with E-state index >= 15 is 0 Å². The van der Waals surface area contributed by atoms with Crippen LogP contribution >= 0.6 is 0 Å². The van der Waals surface area contributed by atoms with E-state index in [1.807, 2.05) is 67.7 Å². The van der Waals surface area contributed by atoms with Crippen LogP contribution in [-0.2, 0) is 11.2 Å². The van der Waals surface area contributed by atoms with Crippen LogP contribution in [0.5, 0.6) is 11.5 Å². The first kappa shape index (κ1) is 19.2. The van der Waals surface area contributed by atoms with Gasteiger partial charge in [0.05, 0.1) is 26.9 Å². The van der Waals surface area contributed by atoms with Crippen molar-refractivity contribution in [3.63, 3.8) is 0 Å². The highest BCUT2D eigenvalue weighted by atomic mass is 16.5. The molecule has 3 rings (SSSR count). The van der Waals surface area contributed by atoms with Crippen molar-refractivity contribution < 1.29 is 14.3 Å². The highest BCUT2D eigenvalue weighted by Gasteiger charge is 2.05. The highest BCUT2D eigenvalue weighted by Crippen LogP contribution is 2.18. The van der Waals surface area contributed by atoms with Crippen molar-refractivity contribution in [3.05, 3.63) is 77.6 Å². The molecular formula is C22H23N3O3. The minimum Gasteiger partial charge on any atom is -0.497 e. The topological polar surface area (TPSA) is 64.8 Å². The Morgan fingerprint density at radius 2 is 1.64 bits per heavy atom. The molecule has 6 heteroatoms. The number of methoxy groups -OCH3 is 2. The molecule has 0 saturated carbocycles. The summed E-state index contributed by atoms with van der Waals surface area (Å²) < 4.78 is 12.4. The first-order valence-corrected chi connectivity index (χ1v) is 8.87. The lowest BCUT2D eigenvalue weighted by Crippen LogP contribution is -2.19. The van der Waals surface area contributed by atoms with Gasteiger partial charge in [0.2, 0.25) is 5.91 Å². The molecule has 1 aromatic heterocycles. The Bertz CT molecular complexity index is 958. The van der Waals surface area contributed by atoms with E-state index in [9.17, 15) is 4.79 Å². The van der Waals surface area contributed by atoms with Crippen LogP contribution in [0.4, 0.5) is 0 Å². The van der Waals surface area contributed by atoms with Gasteiger partial charge in [0.25, 0.3) is 0 Å². The SMILES string of the molecule is COc1ccc(CC(=O)N/N=C/c2cc(C)n(-c3ccc(OC)cc3)c2)cc1. The first-order valence-electron chi connectivity index (χ1n) is 8.87. The van der Waals surface area contributed by atoms with Crippen LogP contribution in [0.25, 0.3) is 5.69 Å². The predicted octanol–water partition coefficient (Wildman–Crippen LogP) is 3.50. The Labute approximate surface area is 164 Å². The zero-order valence-corrected chi connectivity index (χ0v) is 16.2. The number of rotatable bonds is 7. The zero-order chi connectivity index (χ0) is 19.9. The maximum Gasteiger partial charge on any atom is 0.244 e. The van der Waals surface area contributed by atoms with Crippen LogP contribution in [0.15, 0.2) is 65.9 Å². The summed E-state index contributed by atoms with van der Waals surface area (Å²) in [4.78, 5) is 12.0. The van der Waals surface area contributed by atoms with E-state index < -0.39 is 0 Å². The number of hydrogen-bond donors (Lipinski definition) is 1. The number of ether oxygens (including phenoxy) is 2. The summed E-state index contributed by atoms with van der Waals surface area (Å²) in [5.41, 5.74) is 6.46. The first-order chi connectivity index (χ1) is 13.6. The Hall–Kier alpha value is -3.54. The Kier molecular flexibility index (Phi) is 6.11. The third-order valence-electron chi connectivity index (χ3n) is 4.31. The molecule has 0 aliphatic rings. The minimum absolute atomic E-state index is 0.173. The van der Waals surface area contributed by atoms with Crippen molar-refractivity contribution in [1.29, 1.82) is 0 Å². The summed E-state index contributed by atoms with van der Waals surface area (Å²) >= 11 is 0. The average molecular weight is 377 g/mol. The van der Waals surface area contributed by atoms with Crippen LogP contribution < -0.4 is 14.9 Å². The molecule has 1 heterocycles. The van der Waals surface area contributed by atoms with E-state index in [-0.39, 0.29) is 12.3 Å². The normalized spacial score (nSPS) is 10.8. The van der Waals surface area contributed by atoms with Crippen LogP contribution in [0.3, 0.4) is 0 Å². The smallest absolute Gasteiger partial charge is 0.244 e. The zero-order valence-electron chi connectivity index (χ0n) is 16.2. The number of carbonyl (C=O) groups is 1. The van der Waals surface area contributed by atoms with Gasteiger partial charge in [-0.15, -0.1) is 0 Å². The summed E-state index contributed by atoms with van der Waals surface area (Å²) in [5, 5.41) is 4.06. The van der Waals surface area contributed by atoms with Gasteiger partial charge < -0.3 is 14.0 Å². The summed E-state index contributed by atoms with van der Waals surface area (Å²) in [6.07, 6.45) is 3.86. The molecule has 0 aliphatic heterocycles. The third-order valence-corrected chi connectivity index (χ3v) is 4.31. The molecule has 6 nitrogen and oxygen atoms in total. The summed E-state index contributed by atoms with van der Waals surface area (Å²) in [6, 6.07) is 17.2. The molecule has 2 aromatic carbocycles. The molecule has 0 atom stereocenters. The molecule has 0 saturated heterocycles. The van der Waals surface area contributed by atoms with Crippen molar-refractivity contribution in [2.45, 2.75) is 13.3 Å². The van der Waals surface area contributed by atoms with Gasteiger partial charge in [-0.2, -0.15) is 5.10 Å². The van der Waals surface area contributed by atoms with Gasteiger partial charge >= 0.3 is 0 Å². The summed E-state index contributed by atoms with van der Waals surface area (Å²) in [7, 11) is 3.26. The average Bonchev–Trinajstić information content (AvgIpc) is 3.09. The Morgan fingerprint density at radius 1 is 1.04 bits per heavy atom. The molecule has 0 fully saturated rings. The van der Waals surface area contributed by atoms with Crippen LogP contribution in [0.1, 0.15) is 16.8 Å². The maximum absolute atomic E-state index is 12.0. The highest BCUT2D eigenvalue weighted by molar-refractivity contribution is 5.83. The lowest BCUT2D eigenvalue weighted by atomic mass is 10.1. The van der Waals surface area contributed by atoms with Crippen LogP contribution in [0.2, 0.25) is 0 Å². The molecule has 28 heavy (non-hydrogen) atoms. The molecular weight excluding hydrogens is 354 g/mol. The number of aromatic nitrogens is 1. The molecule has 0 radical (unpaired) electrons.